The largest absolute Gasteiger partial charge is 0.492 e. The van der Waals surface area contributed by atoms with Crippen molar-refractivity contribution in [1.29, 1.82) is 0 Å². The summed E-state index contributed by atoms with van der Waals surface area (Å²) in [7, 11) is 1.33. The SMILES string of the molecule is COC(=O)c1cc(NC(=O)C2(c3ccc(Cl)cc3)CCCC2)ccc1OCC(C)C. The standard InChI is InChI=1S/C24H28ClNO4/c1-16(2)15-30-21-11-10-19(14-20(21)22(27)29-3)26-23(28)24(12-4-5-13-24)17-6-8-18(25)9-7-17/h6-11,14,16H,4-5,12-13,15H2,1-3H3,(H,26,28). The van der Waals surface area contributed by atoms with E-state index in [1.807, 2.05) is 38.1 Å². The smallest absolute Gasteiger partial charge is 0.341 e. The van der Waals surface area contributed by atoms with Crippen molar-refractivity contribution in [3.63, 3.8) is 0 Å². The van der Waals surface area contributed by atoms with E-state index >= 15 is 0 Å². The zero-order valence-corrected chi connectivity index (χ0v) is 18.4. The molecule has 5 nitrogen and oxygen atoms in total. The second-order valence-electron chi connectivity index (χ2n) is 8.16. The normalized spacial score (nSPS) is 15.1. The Hall–Kier alpha value is -2.53. The zero-order chi connectivity index (χ0) is 21.7. The van der Waals surface area contributed by atoms with E-state index in [2.05, 4.69) is 5.32 Å². The van der Waals surface area contributed by atoms with Crippen LogP contribution in [0, 0.1) is 5.92 Å². The monoisotopic (exact) mass is 429 g/mol. The lowest BCUT2D eigenvalue weighted by Crippen LogP contribution is -2.38. The lowest BCUT2D eigenvalue weighted by Gasteiger charge is -2.28. The molecule has 0 unspecified atom stereocenters. The molecule has 0 atom stereocenters. The molecule has 6 heteroatoms. The quantitative estimate of drug-likeness (QED) is 0.581. The first-order chi connectivity index (χ1) is 14.4. The predicted molar refractivity (Wildman–Crippen MR) is 118 cm³/mol. The number of ether oxygens (including phenoxy) is 2. The lowest BCUT2D eigenvalue weighted by atomic mass is 9.78. The molecule has 0 spiro atoms. The van der Waals surface area contributed by atoms with Gasteiger partial charge in [0, 0.05) is 10.7 Å². The molecular formula is C24H28ClNO4. The van der Waals surface area contributed by atoms with Gasteiger partial charge < -0.3 is 14.8 Å². The summed E-state index contributed by atoms with van der Waals surface area (Å²) in [6, 6.07) is 12.6. The maximum absolute atomic E-state index is 13.4. The minimum atomic E-state index is -0.594. The summed E-state index contributed by atoms with van der Waals surface area (Å²) in [5.74, 6) is 0.186. The van der Waals surface area contributed by atoms with Gasteiger partial charge >= 0.3 is 5.97 Å². The van der Waals surface area contributed by atoms with Crippen LogP contribution in [0.3, 0.4) is 0 Å². The first kappa shape index (κ1) is 22.2. The van der Waals surface area contributed by atoms with Crippen LogP contribution in [0.5, 0.6) is 5.75 Å². The molecule has 1 amide bonds. The Balaban J connectivity index is 1.87. The van der Waals surface area contributed by atoms with Crippen LogP contribution in [0.4, 0.5) is 5.69 Å². The van der Waals surface area contributed by atoms with Crippen molar-refractivity contribution in [2.24, 2.45) is 5.92 Å². The van der Waals surface area contributed by atoms with Crippen LogP contribution in [0.1, 0.15) is 55.5 Å². The predicted octanol–water partition coefficient (Wildman–Crippen LogP) is 5.61. The van der Waals surface area contributed by atoms with Crippen LogP contribution in [-0.4, -0.2) is 25.6 Å². The molecule has 1 fully saturated rings. The van der Waals surface area contributed by atoms with Crippen LogP contribution < -0.4 is 10.1 Å². The maximum atomic E-state index is 13.4. The van der Waals surface area contributed by atoms with Crippen LogP contribution >= 0.6 is 11.6 Å². The Morgan fingerprint density at radius 1 is 1.10 bits per heavy atom. The molecule has 30 heavy (non-hydrogen) atoms. The summed E-state index contributed by atoms with van der Waals surface area (Å²) in [6.45, 7) is 4.55. The highest BCUT2D eigenvalue weighted by Crippen LogP contribution is 2.42. The molecule has 1 saturated carbocycles. The number of rotatable bonds is 7. The van der Waals surface area contributed by atoms with Crippen LogP contribution in [0.2, 0.25) is 5.02 Å². The van der Waals surface area contributed by atoms with Crippen LogP contribution in [0.25, 0.3) is 0 Å². The van der Waals surface area contributed by atoms with E-state index in [4.69, 9.17) is 21.1 Å². The summed E-state index contributed by atoms with van der Waals surface area (Å²) in [5, 5.41) is 3.66. The van der Waals surface area contributed by atoms with Crippen molar-refractivity contribution >= 4 is 29.2 Å². The van der Waals surface area contributed by atoms with Crippen molar-refractivity contribution in [2.45, 2.75) is 44.9 Å². The number of methoxy groups -OCH3 is 1. The number of carbonyl (C=O) groups excluding carboxylic acids is 2. The minimum absolute atomic E-state index is 0.0750. The molecule has 1 aliphatic rings. The number of hydrogen-bond acceptors (Lipinski definition) is 4. The Bertz CT molecular complexity index is 902. The Kier molecular flexibility index (Phi) is 7.03. The van der Waals surface area contributed by atoms with Gasteiger partial charge in [-0.3, -0.25) is 4.79 Å². The summed E-state index contributed by atoms with van der Waals surface area (Å²) in [4.78, 5) is 25.6. The maximum Gasteiger partial charge on any atom is 0.341 e. The Labute approximate surface area is 182 Å². The van der Waals surface area contributed by atoms with Gasteiger partial charge in [-0.25, -0.2) is 4.79 Å². The fraction of sp³-hybridized carbons (Fsp3) is 0.417. The summed E-state index contributed by atoms with van der Waals surface area (Å²) < 4.78 is 10.7. The highest BCUT2D eigenvalue weighted by Gasteiger charge is 2.42. The summed E-state index contributed by atoms with van der Waals surface area (Å²) in [5.41, 5.74) is 1.20. The molecule has 0 heterocycles. The van der Waals surface area contributed by atoms with Gasteiger partial charge in [-0.1, -0.05) is 50.4 Å². The Morgan fingerprint density at radius 3 is 2.37 bits per heavy atom. The molecule has 1 N–H and O–H groups in total. The van der Waals surface area contributed by atoms with Gasteiger partial charge in [0.15, 0.2) is 0 Å². The van der Waals surface area contributed by atoms with E-state index in [0.717, 1.165) is 31.2 Å². The molecule has 0 bridgehead atoms. The van der Waals surface area contributed by atoms with Gasteiger partial charge in [0.2, 0.25) is 5.91 Å². The number of carbonyl (C=O) groups is 2. The van der Waals surface area contributed by atoms with Crippen molar-refractivity contribution < 1.29 is 19.1 Å². The molecule has 0 saturated heterocycles. The van der Waals surface area contributed by atoms with Crippen molar-refractivity contribution in [3.8, 4) is 5.75 Å². The molecule has 0 radical (unpaired) electrons. The van der Waals surface area contributed by atoms with Crippen LogP contribution in [-0.2, 0) is 14.9 Å². The van der Waals surface area contributed by atoms with E-state index in [1.165, 1.54) is 7.11 Å². The third-order valence-corrected chi connectivity index (χ3v) is 5.76. The minimum Gasteiger partial charge on any atom is -0.492 e. The number of esters is 1. The molecule has 1 aliphatic carbocycles. The second kappa shape index (κ2) is 9.52. The van der Waals surface area contributed by atoms with Gasteiger partial charge in [-0.15, -0.1) is 0 Å². The average Bonchev–Trinajstić information content (AvgIpc) is 3.24. The van der Waals surface area contributed by atoms with Crippen LogP contribution in [0.15, 0.2) is 42.5 Å². The van der Waals surface area contributed by atoms with Gasteiger partial charge in [-0.05, 0) is 54.7 Å². The number of anilines is 1. The number of nitrogens with one attached hydrogen (secondary N) is 1. The first-order valence-corrected chi connectivity index (χ1v) is 10.7. The summed E-state index contributed by atoms with van der Waals surface area (Å²) in [6.07, 6.45) is 3.54. The highest BCUT2D eigenvalue weighted by molar-refractivity contribution is 6.30. The van der Waals surface area contributed by atoms with E-state index in [1.54, 1.807) is 18.2 Å². The molecule has 3 rings (SSSR count). The number of hydrogen-bond donors (Lipinski definition) is 1. The molecule has 0 aromatic heterocycles. The molecular weight excluding hydrogens is 402 g/mol. The van der Waals surface area contributed by atoms with E-state index in [0.29, 0.717) is 34.5 Å². The van der Waals surface area contributed by atoms with Gasteiger partial charge in [0.05, 0.1) is 19.1 Å². The first-order valence-electron chi connectivity index (χ1n) is 10.3. The topological polar surface area (TPSA) is 64.6 Å². The van der Waals surface area contributed by atoms with Crippen molar-refractivity contribution in [1.82, 2.24) is 0 Å². The van der Waals surface area contributed by atoms with Crippen molar-refractivity contribution in [3.05, 3.63) is 58.6 Å². The van der Waals surface area contributed by atoms with Gasteiger partial charge in [0.1, 0.15) is 11.3 Å². The third kappa shape index (κ3) is 4.78. The van der Waals surface area contributed by atoms with Gasteiger partial charge in [0.25, 0.3) is 0 Å². The second-order valence-corrected chi connectivity index (χ2v) is 8.59. The fourth-order valence-electron chi connectivity index (χ4n) is 3.90. The zero-order valence-electron chi connectivity index (χ0n) is 17.7. The third-order valence-electron chi connectivity index (χ3n) is 5.50. The van der Waals surface area contributed by atoms with E-state index in [9.17, 15) is 9.59 Å². The molecule has 0 aliphatic heterocycles. The lowest BCUT2D eigenvalue weighted by molar-refractivity contribution is -0.121. The number of benzene rings is 2. The van der Waals surface area contributed by atoms with E-state index in [-0.39, 0.29) is 5.91 Å². The average molecular weight is 430 g/mol. The highest BCUT2D eigenvalue weighted by atomic mass is 35.5. The van der Waals surface area contributed by atoms with E-state index < -0.39 is 11.4 Å². The summed E-state index contributed by atoms with van der Waals surface area (Å²) >= 11 is 6.04. The molecule has 2 aromatic rings. The molecule has 2 aromatic carbocycles. The number of halogens is 1. The number of amides is 1. The fourth-order valence-corrected chi connectivity index (χ4v) is 4.03. The Morgan fingerprint density at radius 2 is 1.77 bits per heavy atom. The van der Waals surface area contributed by atoms with Gasteiger partial charge in [-0.2, -0.15) is 0 Å². The molecule has 160 valence electrons. The van der Waals surface area contributed by atoms with Crippen molar-refractivity contribution in [2.75, 3.05) is 19.0 Å².